The molecule has 40 heavy (non-hydrogen) atoms. The summed E-state index contributed by atoms with van der Waals surface area (Å²) in [6.45, 7) is -2.08. The second kappa shape index (κ2) is 16.8. The lowest BCUT2D eigenvalue weighted by Gasteiger charge is -2.42. The predicted molar refractivity (Wildman–Crippen MR) is 147 cm³/mol. The molecule has 1 aromatic carbocycles. The second-order valence-corrected chi connectivity index (χ2v) is 13.5. The molecule has 1 aliphatic heterocycles. The SMILES string of the molecule is O=C(N[C@H](COCc1ccccc1)COC1O[C@H](CO)[C@@H](O)[C@H](O)[C@H]1NC(=O)OCC(Cl)(Cl)Cl)OCC(Cl)(Cl)Cl. The molecule has 1 saturated heterocycles. The van der Waals surface area contributed by atoms with E-state index in [1.807, 2.05) is 30.3 Å². The highest BCUT2D eigenvalue weighted by molar-refractivity contribution is 6.68. The van der Waals surface area contributed by atoms with Crippen LogP contribution >= 0.6 is 69.6 Å². The van der Waals surface area contributed by atoms with E-state index in [1.54, 1.807) is 0 Å². The lowest BCUT2D eigenvalue weighted by atomic mass is 9.97. The zero-order chi connectivity index (χ0) is 29.9. The molecule has 1 fully saturated rings. The first-order valence-electron chi connectivity index (χ1n) is 11.5. The van der Waals surface area contributed by atoms with Crippen LogP contribution in [-0.4, -0.2) is 105 Å². The van der Waals surface area contributed by atoms with Gasteiger partial charge in [0.1, 0.15) is 37.6 Å². The van der Waals surface area contributed by atoms with Gasteiger partial charge in [-0.2, -0.15) is 0 Å². The van der Waals surface area contributed by atoms with Gasteiger partial charge in [-0.05, 0) is 5.56 Å². The molecular formula is C22H28Cl6N2O10. The first kappa shape index (κ1) is 35.5. The zero-order valence-electron chi connectivity index (χ0n) is 20.6. The molecule has 0 saturated carbocycles. The summed E-state index contributed by atoms with van der Waals surface area (Å²) in [5, 5.41) is 35.2. The summed E-state index contributed by atoms with van der Waals surface area (Å²) in [6.07, 6.45) is -8.09. The highest BCUT2D eigenvalue weighted by Gasteiger charge is 2.46. The molecule has 1 heterocycles. The number of carbonyl (C=O) groups excluding carboxylic acids is 2. The molecule has 0 radical (unpaired) electrons. The normalized spacial score (nSPS) is 24.2. The van der Waals surface area contributed by atoms with Crippen molar-refractivity contribution in [2.45, 2.75) is 50.9 Å². The lowest BCUT2D eigenvalue weighted by molar-refractivity contribution is -0.271. The van der Waals surface area contributed by atoms with Gasteiger partial charge in [-0.3, -0.25) is 0 Å². The van der Waals surface area contributed by atoms with E-state index in [1.165, 1.54) is 0 Å². The maximum atomic E-state index is 12.3. The van der Waals surface area contributed by atoms with Gasteiger partial charge >= 0.3 is 12.2 Å². The number of ether oxygens (including phenoxy) is 5. The number of carbonyl (C=O) groups is 2. The predicted octanol–water partition coefficient (Wildman–Crippen LogP) is 2.59. The number of nitrogens with one attached hydrogen (secondary N) is 2. The summed E-state index contributed by atoms with van der Waals surface area (Å²) < 4.78 is 22.9. The Morgan fingerprint density at radius 3 is 2.10 bits per heavy atom. The Bertz CT molecular complexity index is 924. The molecule has 1 aliphatic rings. The fourth-order valence-corrected chi connectivity index (χ4v) is 3.62. The first-order chi connectivity index (χ1) is 18.7. The van der Waals surface area contributed by atoms with E-state index in [0.717, 1.165) is 5.56 Å². The van der Waals surface area contributed by atoms with Gasteiger partial charge in [0, 0.05) is 0 Å². The van der Waals surface area contributed by atoms with Crippen LogP contribution in [0.4, 0.5) is 9.59 Å². The quantitative estimate of drug-likeness (QED) is 0.206. The summed E-state index contributed by atoms with van der Waals surface area (Å²) in [5.41, 5.74) is 0.858. The molecule has 1 aromatic rings. The Hall–Kier alpha value is -0.740. The average Bonchev–Trinajstić information content (AvgIpc) is 2.88. The molecule has 0 spiro atoms. The minimum absolute atomic E-state index is 0.0948. The topological polar surface area (TPSA) is 165 Å². The van der Waals surface area contributed by atoms with Crippen LogP contribution in [0.25, 0.3) is 0 Å². The summed E-state index contributed by atoms with van der Waals surface area (Å²) in [4.78, 5) is 24.5. The van der Waals surface area contributed by atoms with E-state index >= 15 is 0 Å². The van der Waals surface area contributed by atoms with Crippen molar-refractivity contribution in [3.05, 3.63) is 35.9 Å². The van der Waals surface area contributed by atoms with Crippen molar-refractivity contribution < 1.29 is 48.6 Å². The number of alkyl carbamates (subject to hydrolysis) is 2. The summed E-state index contributed by atoms with van der Waals surface area (Å²) in [6, 6.07) is 6.87. The molecule has 2 rings (SSSR count). The van der Waals surface area contributed by atoms with Gasteiger partial charge in [0.15, 0.2) is 6.29 Å². The Labute approximate surface area is 259 Å². The van der Waals surface area contributed by atoms with Crippen molar-refractivity contribution in [1.82, 2.24) is 10.6 Å². The van der Waals surface area contributed by atoms with Gasteiger partial charge < -0.3 is 49.6 Å². The number of aliphatic hydroxyl groups is 3. The van der Waals surface area contributed by atoms with Crippen molar-refractivity contribution in [2.75, 3.05) is 33.0 Å². The minimum atomic E-state index is -1.90. The highest BCUT2D eigenvalue weighted by Crippen LogP contribution is 2.27. The molecule has 5 N–H and O–H groups in total. The van der Waals surface area contributed by atoms with Gasteiger partial charge in [-0.25, -0.2) is 9.59 Å². The van der Waals surface area contributed by atoms with Crippen molar-refractivity contribution in [1.29, 1.82) is 0 Å². The van der Waals surface area contributed by atoms with Crippen LogP contribution in [0.1, 0.15) is 5.56 Å². The lowest BCUT2D eigenvalue weighted by Crippen LogP contribution is -2.65. The van der Waals surface area contributed by atoms with Gasteiger partial charge in [-0.1, -0.05) is 99.9 Å². The molecule has 12 nitrogen and oxygen atoms in total. The van der Waals surface area contributed by atoms with Crippen molar-refractivity contribution in [2.24, 2.45) is 0 Å². The fraction of sp³-hybridized carbons (Fsp3) is 0.636. The smallest absolute Gasteiger partial charge is 0.407 e. The maximum absolute atomic E-state index is 12.3. The monoisotopic (exact) mass is 690 g/mol. The van der Waals surface area contributed by atoms with Crippen LogP contribution in [0.5, 0.6) is 0 Å². The number of alkyl halides is 6. The van der Waals surface area contributed by atoms with Crippen molar-refractivity contribution in [3.63, 3.8) is 0 Å². The summed E-state index contributed by atoms with van der Waals surface area (Å²) in [5.74, 6) is 0. The first-order valence-corrected chi connectivity index (χ1v) is 13.8. The van der Waals surface area contributed by atoms with Crippen LogP contribution in [0.2, 0.25) is 0 Å². The van der Waals surface area contributed by atoms with E-state index in [2.05, 4.69) is 10.6 Å². The van der Waals surface area contributed by atoms with Crippen LogP contribution in [0.3, 0.4) is 0 Å². The Balaban J connectivity index is 2.09. The van der Waals surface area contributed by atoms with Crippen LogP contribution in [-0.2, 0) is 30.3 Å². The zero-order valence-corrected chi connectivity index (χ0v) is 25.1. The maximum Gasteiger partial charge on any atom is 0.407 e. The number of aliphatic hydroxyl groups excluding tert-OH is 3. The number of benzene rings is 1. The number of hydrogen-bond donors (Lipinski definition) is 5. The highest BCUT2D eigenvalue weighted by atomic mass is 35.6. The standard InChI is InChI=1S/C22H28Cl6N2O10/c23-21(24,25)10-38-19(34)29-13(8-36-7-12-4-2-1-3-5-12)9-37-18-15(17(33)16(32)14(6-31)40-18)30-20(35)39-11-22(26,27)28/h1-5,13-18,31-33H,6-11H2,(H,29,34)(H,30,35)/t13-,14-,15-,16-,17-,18?/m1/s1. The number of rotatable bonds is 12. The molecule has 0 aliphatic carbocycles. The second-order valence-electron chi connectivity index (χ2n) is 8.43. The number of halogens is 6. The van der Waals surface area contributed by atoms with E-state index in [4.69, 9.17) is 93.3 Å². The van der Waals surface area contributed by atoms with E-state index < -0.39 is 76.3 Å². The van der Waals surface area contributed by atoms with Crippen LogP contribution in [0, 0.1) is 0 Å². The molecule has 228 valence electrons. The van der Waals surface area contributed by atoms with E-state index in [9.17, 15) is 24.9 Å². The van der Waals surface area contributed by atoms with E-state index in [-0.39, 0.29) is 19.8 Å². The largest absolute Gasteiger partial charge is 0.445 e. The molecule has 1 unspecified atom stereocenters. The van der Waals surface area contributed by atoms with Gasteiger partial charge in [0.2, 0.25) is 7.59 Å². The van der Waals surface area contributed by atoms with Gasteiger partial charge in [-0.15, -0.1) is 0 Å². The molecule has 6 atom stereocenters. The van der Waals surface area contributed by atoms with Crippen molar-refractivity contribution in [3.8, 4) is 0 Å². The van der Waals surface area contributed by atoms with Gasteiger partial charge in [0.05, 0.1) is 32.5 Å². The third-order valence-electron chi connectivity index (χ3n) is 5.11. The third-order valence-corrected chi connectivity index (χ3v) is 5.77. The van der Waals surface area contributed by atoms with Crippen molar-refractivity contribution >= 4 is 81.8 Å². The molecule has 2 amide bonds. The summed E-state index contributed by atoms with van der Waals surface area (Å²) >= 11 is 33.6. The molecular weight excluding hydrogens is 665 g/mol. The number of hydrogen-bond acceptors (Lipinski definition) is 10. The molecule has 18 heteroatoms. The third kappa shape index (κ3) is 13.5. The Morgan fingerprint density at radius 1 is 0.925 bits per heavy atom. The molecule has 0 bridgehead atoms. The van der Waals surface area contributed by atoms with E-state index in [0.29, 0.717) is 0 Å². The van der Waals surface area contributed by atoms with Crippen LogP contribution in [0.15, 0.2) is 30.3 Å². The number of amides is 2. The molecule has 0 aromatic heterocycles. The Morgan fingerprint density at radius 2 is 1.52 bits per heavy atom. The fourth-order valence-electron chi connectivity index (χ4n) is 3.29. The van der Waals surface area contributed by atoms with Gasteiger partial charge in [0.25, 0.3) is 0 Å². The minimum Gasteiger partial charge on any atom is -0.445 e. The summed E-state index contributed by atoms with van der Waals surface area (Å²) in [7, 11) is 0. The average molecular weight is 693 g/mol. The van der Waals surface area contributed by atoms with Crippen LogP contribution < -0.4 is 10.6 Å². The Kier molecular flexibility index (Phi) is 14.9.